The van der Waals surface area contributed by atoms with Crippen LogP contribution in [0.5, 0.6) is 5.75 Å². The molecule has 2 aromatic carbocycles. The summed E-state index contributed by atoms with van der Waals surface area (Å²) >= 11 is 1.35. The van der Waals surface area contributed by atoms with Gasteiger partial charge in [0.05, 0.1) is 16.0 Å². The first-order valence-electron chi connectivity index (χ1n) is 9.48. The molecule has 0 aliphatic heterocycles. The molecule has 2 heterocycles. The number of hydrogen-bond donors (Lipinski definition) is 1. The van der Waals surface area contributed by atoms with Crippen molar-refractivity contribution in [1.82, 2.24) is 15.4 Å². The SMILES string of the molecule is N#Cc1n[nH]nc1-c1ccc(-c2ccc(OCc3cc(C(F)(F)F)ccc3C(F)(F)F)cc2)s1. The fraction of sp³-hybridized carbons (Fsp3) is 0.136. The van der Waals surface area contributed by atoms with Gasteiger partial charge >= 0.3 is 12.4 Å². The molecule has 2 aromatic heterocycles. The first kappa shape index (κ1) is 23.3. The van der Waals surface area contributed by atoms with Crippen LogP contribution in [0, 0.1) is 11.3 Å². The summed E-state index contributed by atoms with van der Waals surface area (Å²) in [5.41, 5.74) is -1.65. The van der Waals surface area contributed by atoms with Crippen LogP contribution in [0.25, 0.3) is 21.0 Å². The van der Waals surface area contributed by atoms with Crippen LogP contribution in [-0.2, 0) is 19.0 Å². The van der Waals surface area contributed by atoms with Gasteiger partial charge in [-0.3, -0.25) is 0 Å². The number of halogens is 6. The molecule has 0 atom stereocenters. The molecular formula is C22H12F6N4OS. The number of aromatic amines is 1. The highest BCUT2D eigenvalue weighted by Gasteiger charge is 2.37. The Labute approximate surface area is 192 Å². The predicted octanol–water partition coefficient (Wildman–Crippen LogP) is 6.69. The minimum Gasteiger partial charge on any atom is -0.489 e. The van der Waals surface area contributed by atoms with E-state index in [2.05, 4.69) is 15.4 Å². The van der Waals surface area contributed by atoms with E-state index in [-0.39, 0.29) is 11.4 Å². The number of rotatable bonds is 5. The highest BCUT2D eigenvalue weighted by atomic mass is 32.1. The monoisotopic (exact) mass is 494 g/mol. The number of nitrogens with zero attached hydrogens (tertiary/aromatic N) is 3. The third-order valence-corrected chi connectivity index (χ3v) is 5.91. The largest absolute Gasteiger partial charge is 0.489 e. The molecule has 1 N–H and O–H groups in total. The topological polar surface area (TPSA) is 74.6 Å². The smallest absolute Gasteiger partial charge is 0.416 e. The van der Waals surface area contributed by atoms with Crippen molar-refractivity contribution in [2.45, 2.75) is 19.0 Å². The predicted molar refractivity (Wildman–Crippen MR) is 111 cm³/mol. The second kappa shape index (κ2) is 8.83. The Morgan fingerprint density at radius 1 is 0.882 bits per heavy atom. The van der Waals surface area contributed by atoms with Gasteiger partial charge in [-0.15, -0.1) is 16.4 Å². The number of benzene rings is 2. The summed E-state index contributed by atoms with van der Waals surface area (Å²) in [7, 11) is 0. The number of alkyl halides is 6. The van der Waals surface area contributed by atoms with Crippen molar-refractivity contribution >= 4 is 11.3 Å². The molecule has 0 spiro atoms. The fourth-order valence-electron chi connectivity index (χ4n) is 3.14. The second-order valence-electron chi connectivity index (χ2n) is 6.98. The number of ether oxygens (including phenoxy) is 1. The molecule has 0 saturated carbocycles. The Bertz CT molecular complexity index is 1350. The third-order valence-electron chi connectivity index (χ3n) is 4.76. The van der Waals surface area contributed by atoms with Crippen molar-refractivity contribution in [3.8, 4) is 32.8 Å². The van der Waals surface area contributed by atoms with Crippen LogP contribution in [0.4, 0.5) is 26.3 Å². The zero-order valence-electron chi connectivity index (χ0n) is 16.8. The van der Waals surface area contributed by atoms with Crippen LogP contribution in [0.15, 0.2) is 54.6 Å². The lowest BCUT2D eigenvalue weighted by atomic mass is 10.0. The molecule has 5 nitrogen and oxygen atoms in total. The van der Waals surface area contributed by atoms with E-state index < -0.39 is 35.6 Å². The van der Waals surface area contributed by atoms with Crippen LogP contribution in [0.1, 0.15) is 22.4 Å². The summed E-state index contributed by atoms with van der Waals surface area (Å²) < 4.78 is 83.9. The maximum absolute atomic E-state index is 13.2. The van der Waals surface area contributed by atoms with Gasteiger partial charge in [-0.2, -0.15) is 41.9 Å². The molecule has 34 heavy (non-hydrogen) atoms. The van der Waals surface area contributed by atoms with Crippen molar-refractivity contribution in [3.05, 3.63) is 77.0 Å². The van der Waals surface area contributed by atoms with Gasteiger partial charge in [-0.1, -0.05) is 0 Å². The summed E-state index contributed by atoms with van der Waals surface area (Å²) in [6.45, 7) is -0.690. The molecule has 0 aliphatic carbocycles. The lowest BCUT2D eigenvalue weighted by molar-refractivity contribution is -0.142. The van der Waals surface area contributed by atoms with E-state index >= 15 is 0 Å². The first-order valence-corrected chi connectivity index (χ1v) is 10.3. The average Bonchev–Trinajstić information content (AvgIpc) is 3.46. The lowest BCUT2D eigenvalue weighted by Gasteiger charge is -2.16. The number of nitriles is 1. The molecule has 0 radical (unpaired) electrons. The van der Waals surface area contributed by atoms with Gasteiger partial charge < -0.3 is 4.74 Å². The Morgan fingerprint density at radius 3 is 2.24 bits per heavy atom. The van der Waals surface area contributed by atoms with Crippen LogP contribution in [-0.4, -0.2) is 15.4 Å². The van der Waals surface area contributed by atoms with Gasteiger partial charge in [0.25, 0.3) is 0 Å². The van der Waals surface area contributed by atoms with E-state index in [0.29, 0.717) is 28.8 Å². The number of thiophene rings is 1. The fourth-order valence-corrected chi connectivity index (χ4v) is 4.15. The minimum atomic E-state index is -4.82. The van der Waals surface area contributed by atoms with Crippen LogP contribution in [0.3, 0.4) is 0 Å². The standard InChI is InChI=1S/C22H12F6N4OS/c23-21(24,25)14-3-6-16(22(26,27)28)13(9-14)11-33-15-4-1-12(2-5-15)18-7-8-19(34-18)20-17(10-29)30-32-31-20/h1-9H,11H2,(H,30,31,32). The first-order chi connectivity index (χ1) is 16.1. The average molecular weight is 494 g/mol. The molecule has 0 fully saturated rings. The van der Waals surface area contributed by atoms with E-state index in [9.17, 15) is 26.3 Å². The molecular weight excluding hydrogens is 482 g/mol. The number of H-pyrrole nitrogens is 1. The molecule has 0 amide bonds. The van der Waals surface area contributed by atoms with Crippen molar-refractivity contribution < 1.29 is 31.1 Å². The highest BCUT2D eigenvalue weighted by Crippen LogP contribution is 2.38. The summed E-state index contributed by atoms with van der Waals surface area (Å²) in [4.78, 5) is 1.54. The van der Waals surface area contributed by atoms with Crippen molar-refractivity contribution in [2.24, 2.45) is 0 Å². The number of nitrogens with one attached hydrogen (secondary N) is 1. The highest BCUT2D eigenvalue weighted by molar-refractivity contribution is 7.18. The normalized spacial score (nSPS) is 11.9. The van der Waals surface area contributed by atoms with Gasteiger partial charge in [-0.25, -0.2) is 0 Å². The number of hydrogen-bond acceptors (Lipinski definition) is 5. The number of aromatic nitrogens is 3. The Kier molecular flexibility index (Phi) is 6.05. The van der Waals surface area contributed by atoms with E-state index in [1.54, 1.807) is 18.2 Å². The molecule has 4 rings (SSSR count). The maximum Gasteiger partial charge on any atom is 0.416 e. The maximum atomic E-state index is 13.2. The van der Waals surface area contributed by atoms with Gasteiger partial charge in [0.2, 0.25) is 0 Å². The Balaban J connectivity index is 1.52. The van der Waals surface area contributed by atoms with Gasteiger partial charge in [0, 0.05) is 10.4 Å². The summed E-state index contributed by atoms with van der Waals surface area (Å²) in [6, 6.07) is 13.1. The molecule has 174 valence electrons. The van der Waals surface area contributed by atoms with E-state index in [4.69, 9.17) is 10.00 Å². The Hall–Kier alpha value is -3.85. The van der Waals surface area contributed by atoms with Crippen LogP contribution >= 0.6 is 11.3 Å². The molecule has 0 unspecified atom stereocenters. The molecule has 0 aliphatic rings. The van der Waals surface area contributed by atoms with Crippen LogP contribution < -0.4 is 4.74 Å². The molecule has 0 bridgehead atoms. The minimum absolute atomic E-state index is 0.157. The third kappa shape index (κ3) is 4.89. The van der Waals surface area contributed by atoms with Crippen molar-refractivity contribution in [1.29, 1.82) is 5.26 Å². The summed E-state index contributed by atoms with van der Waals surface area (Å²) in [5, 5.41) is 19.2. The van der Waals surface area contributed by atoms with E-state index in [1.165, 1.54) is 23.5 Å². The van der Waals surface area contributed by atoms with Gasteiger partial charge in [0.1, 0.15) is 24.1 Å². The van der Waals surface area contributed by atoms with Crippen molar-refractivity contribution in [2.75, 3.05) is 0 Å². The zero-order valence-corrected chi connectivity index (χ0v) is 17.6. The van der Waals surface area contributed by atoms with E-state index in [0.717, 1.165) is 10.4 Å². The molecule has 0 saturated heterocycles. The van der Waals surface area contributed by atoms with Gasteiger partial charge in [0.15, 0.2) is 5.69 Å². The lowest BCUT2D eigenvalue weighted by Crippen LogP contribution is -2.14. The quantitative estimate of drug-likeness (QED) is 0.314. The van der Waals surface area contributed by atoms with Crippen LogP contribution in [0.2, 0.25) is 0 Å². The molecule has 4 aromatic rings. The molecule has 12 heteroatoms. The second-order valence-corrected chi connectivity index (χ2v) is 8.06. The zero-order chi connectivity index (χ0) is 24.5. The van der Waals surface area contributed by atoms with Crippen molar-refractivity contribution in [3.63, 3.8) is 0 Å². The van der Waals surface area contributed by atoms with E-state index in [1.807, 2.05) is 12.1 Å². The Morgan fingerprint density at radius 2 is 1.59 bits per heavy atom. The summed E-state index contributed by atoms with van der Waals surface area (Å²) in [6.07, 6.45) is -9.60. The summed E-state index contributed by atoms with van der Waals surface area (Å²) in [5.74, 6) is 0.189. The van der Waals surface area contributed by atoms with Gasteiger partial charge in [-0.05, 0) is 60.2 Å².